The lowest BCUT2D eigenvalue weighted by atomic mass is 9.92. The number of carbonyl (C=O) groups excluding carboxylic acids is 8. The average Bonchev–Trinajstić information content (AvgIpc) is 3.45. The van der Waals surface area contributed by atoms with E-state index in [-0.39, 0.29) is 46.6 Å². The number of alkyl carbamates (subject to hydrolysis) is 2. The van der Waals surface area contributed by atoms with Gasteiger partial charge in [0.1, 0.15) is 34.5 Å². The van der Waals surface area contributed by atoms with Crippen LogP contribution >= 0.6 is 23.5 Å². The number of amides is 2. The number of ether oxygens (including phenoxy) is 3. The summed E-state index contributed by atoms with van der Waals surface area (Å²) in [5.74, 6) is -6.56. The first-order valence-electron chi connectivity index (χ1n) is 16.9. The molecule has 2 unspecified atom stereocenters. The highest BCUT2D eigenvalue weighted by Gasteiger charge is 2.47. The largest absolute Gasteiger partial charge is 0.457 e. The Balaban J connectivity index is 1.52. The number of carbonyl (C=O) groups is 8. The van der Waals surface area contributed by atoms with E-state index in [4.69, 9.17) is 14.2 Å². The molecule has 0 aliphatic heterocycles. The van der Waals surface area contributed by atoms with Crippen LogP contribution in [0.4, 0.5) is 9.59 Å². The Morgan fingerprint density at radius 2 is 0.943 bits per heavy atom. The molecular weight excluding hydrogens is 725 g/mol. The molecular formula is C38H44N2O11S2. The SMILES string of the molecule is CSCC[C@H](NC(=O)OC(C)(C)C)C(=O)C1C(=O)c2ccc(Oc3ccc4c(c3)C(=O)C(C(=O)[C@H](CCSC)NC(=O)OC(C)(C)C)C4=O)cc2C1=O. The van der Waals surface area contributed by atoms with E-state index in [1.54, 1.807) is 41.5 Å². The number of benzene rings is 2. The number of ketones is 6. The van der Waals surface area contributed by atoms with Crippen molar-refractivity contribution in [3.05, 3.63) is 58.7 Å². The minimum atomic E-state index is -1.66. The molecule has 2 aliphatic rings. The summed E-state index contributed by atoms with van der Waals surface area (Å²) >= 11 is 2.86. The summed E-state index contributed by atoms with van der Waals surface area (Å²) in [6, 6.07) is 5.91. The molecule has 4 rings (SSSR count). The van der Waals surface area contributed by atoms with Crippen molar-refractivity contribution in [2.24, 2.45) is 11.8 Å². The molecule has 284 valence electrons. The number of fused-ring (bicyclic) bond motifs is 2. The first-order chi connectivity index (χ1) is 24.8. The van der Waals surface area contributed by atoms with Gasteiger partial charge in [-0.2, -0.15) is 23.5 Å². The lowest BCUT2D eigenvalue weighted by Crippen LogP contribution is -2.47. The molecule has 15 heteroatoms. The molecule has 2 aliphatic carbocycles. The van der Waals surface area contributed by atoms with Crippen molar-refractivity contribution >= 4 is 70.4 Å². The zero-order chi connectivity index (χ0) is 39.4. The molecule has 4 atom stereocenters. The Kier molecular flexibility index (Phi) is 13.0. The summed E-state index contributed by atoms with van der Waals surface area (Å²) in [5.41, 5.74) is -1.71. The third kappa shape index (κ3) is 9.93. The van der Waals surface area contributed by atoms with Crippen molar-refractivity contribution in [2.45, 2.75) is 77.7 Å². The van der Waals surface area contributed by atoms with E-state index in [0.29, 0.717) is 11.5 Å². The molecule has 13 nitrogen and oxygen atoms in total. The summed E-state index contributed by atoms with van der Waals surface area (Å²) < 4.78 is 16.5. The molecule has 2 N–H and O–H groups in total. The Labute approximate surface area is 316 Å². The normalized spacial score (nSPS) is 17.8. The van der Waals surface area contributed by atoms with Gasteiger partial charge in [0.15, 0.2) is 34.7 Å². The fourth-order valence-corrected chi connectivity index (χ4v) is 6.81. The van der Waals surface area contributed by atoms with Crippen LogP contribution in [0.2, 0.25) is 0 Å². The van der Waals surface area contributed by atoms with Crippen LogP contribution in [-0.2, 0) is 19.1 Å². The van der Waals surface area contributed by atoms with E-state index in [1.165, 1.54) is 59.9 Å². The molecule has 0 saturated heterocycles. The molecule has 0 spiro atoms. The lowest BCUT2D eigenvalue weighted by molar-refractivity contribution is -0.123. The van der Waals surface area contributed by atoms with Crippen LogP contribution in [0.3, 0.4) is 0 Å². The molecule has 0 heterocycles. The van der Waals surface area contributed by atoms with E-state index < -0.39 is 82.0 Å². The van der Waals surface area contributed by atoms with Crippen LogP contribution < -0.4 is 15.4 Å². The number of nitrogens with one attached hydrogen (secondary N) is 2. The quantitative estimate of drug-likeness (QED) is 0.217. The summed E-state index contributed by atoms with van der Waals surface area (Å²) in [4.78, 5) is 106. The third-order valence-corrected chi connectivity index (χ3v) is 9.48. The Bertz CT molecular complexity index is 1710. The zero-order valence-electron chi connectivity index (χ0n) is 30.9. The Morgan fingerprint density at radius 1 is 0.604 bits per heavy atom. The van der Waals surface area contributed by atoms with Gasteiger partial charge in [0.2, 0.25) is 0 Å². The predicted molar refractivity (Wildman–Crippen MR) is 200 cm³/mol. The zero-order valence-corrected chi connectivity index (χ0v) is 32.5. The Hall–Kier alpha value is -4.50. The highest BCUT2D eigenvalue weighted by Crippen LogP contribution is 2.36. The van der Waals surface area contributed by atoms with Crippen LogP contribution in [-0.4, -0.2) is 94.2 Å². The maximum Gasteiger partial charge on any atom is 0.408 e. The van der Waals surface area contributed by atoms with E-state index >= 15 is 0 Å². The molecule has 2 aromatic rings. The first kappa shape index (κ1) is 41.3. The summed E-state index contributed by atoms with van der Waals surface area (Å²) in [6.07, 6.45) is 2.29. The topological polar surface area (TPSA) is 188 Å². The molecule has 0 radical (unpaired) electrons. The van der Waals surface area contributed by atoms with E-state index in [1.807, 2.05) is 12.5 Å². The van der Waals surface area contributed by atoms with Gasteiger partial charge in [0.25, 0.3) is 0 Å². The fraction of sp³-hybridized carbons (Fsp3) is 0.474. The number of hydrogen-bond donors (Lipinski definition) is 2. The second-order valence-electron chi connectivity index (χ2n) is 14.6. The van der Waals surface area contributed by atoms with Gasteiger partial charge in [0, 0.05) is 22.3 Å². The van der Waals surface area contributed by atoms with E-state index in [0.717, 1.165) is 0 Å². The van der Waals surface area contributed by atoms with Crippen molar-refractivity contribution in [3.8, 4) is 11.5 Å². The van der Waals surface area contributed by atoms with Gasteiger partial charge in [-0.3, -0.25) is 28.8 Å². The average molecular weight is 769 g/mol. The van der Waals surface area contributed by atoms with Gasteiger partial charge < -0.3 is 24.8 Å². The lowest BCUT2D eigenvalue weighted by Gasteiger charge is -2.24. The fourth-order valence-electron chi connectivity index (χ4n) is 5.87. The second kappa shape index (κ2) is 16.7. The molecule has 0 saturated carbocycles. The van der Waals surface area contributed by atoms with Crippen molar-refractivity contribution in [3.63, 3.8) is 0 Å². The summed E-state index contributed by atoms with van der Waals surface area (Å²) in [7, 11) is 0. The van der Waals surface area contributed by atoms with Crippen molar-refractivity contribution in [1.29, 1.82) is 0 Å². The minimum absolute atomic E-state index is 0.0219. The van der Waals surface area contributed by atoms with Crippen molar-refractivity contribution in [1.82, 2.24) is 10.6 Å². The summed E-state index contributed by atoms with van der Waals surface area (Å²) in [5, 5.41) is 5.03. The summed E-state index contributed by atoms with van der Waals surface area (Å²) in [6.45, 7) is 10.0. The standard InChI is InChI=1S/C38H44N2O11S2/c1-37(2,3)50-35(47)39-25(13-15-52-7)33(45)27-29(41)21-11-9-19(17-23(21)31(27)43)49-20-10-12-22-24(18-20)32(44)28(30(22)42)34(46)26(14-16-53-8)40-36(48)51-38(4,5)6/h9-12,17-18,25-28H,13-16H2,1-8H3,(H,39,47)(H,40,48)/t25-,26-,27?,28?/m0/s1. The van der Waals surface area contributed by atoms with Gasteiger partial charge in [-0.1, -0.05) is 0 Å². The van der Waals surface area contributed by atoms with Gasteiger partial charge in [-0.05, 0) is 115 Å². The van der Waals surface area contributed by atoms with Gasteiger partial charge in [-0.25, -0.2) is 9.59 Å². The van der Waals surface area contributed by atoms with Crippen molar-refractivity contribution in [2.75, 3.05) is 24.0 Å². The maximum atomic E-state index is 13.6. The highest BCUT2D eigenvalue weighted by molar-refractivity contribution is 7.98. The second-order valence-corrected chi connectivity index (χ2v) is 16.6. The van der Waals surface area contributed by atoms with Crippen LogP contribution in [0.25, 0.3) is 0 Å². The van der Waals surface area contributed by atoms with Crippen molar-refractivity contribution < 1.29 is 52.6 Å². The van der Waals surface area contributed by atoms with Crippen LogP contribution in [0.5, 0.6) is 11.5 Å². The Morgan fingerprint density at radius 3 is 1.26 bits per heavy atom. The van der Waals surface area contributed by atoms with Gasteiger partial charge >= 0.3 is 12.2 Å². The molecule has 2 amide bonds. The molecule has 0 fully saturated rings. The number of Topliss-reactive ketones (excluding diaryl/α,β-unsaturated/α-hetero) is 6. The van der Waals surface area contributed by atoms with Gasteiger partial charge in [-0.15, -0.1) is 0 Å². The van der Waals surface area contributed by atoms with E-state index in [2.05, 4.69) is 10.6 Å². The number of rotatable bonds is 14. The minimum Gasteiger partial charge on any atom is -0.457 e. The van der Waals surface area contributed by atoms with Gasteiger partial charge in [0.05, 0.1) is 12.1 Å². The number of thioether (sulfide) groups is 2. The number of hydrogen-bond acceptors (Lipinski definition) is 13. The highest BCUT2D eigenvalue weighted by atomic mass is 32.2. The molecule has 53 heavy (non-hydrogen) atoms. The monoisotopic (exact) mass is 768 g/mol. The van der Waals surface area contributed by atoms with Crippen LogP contribution in [0.1, 0.15) is 95.8 Å². The molecule has 0 aromatic heterocycles. The smallest absolute Gasteiger partial charge is 0.408 e. The maximum absolute atomic E-state index is 13.6. The van der Waals surface area contributed by atoms with Crippen LogP contribution in [0.15, 0.2) is 36.4 Å². The van der Waals surface area contributed by atoms with E-state index in [9.17, 15) is 38.4 Å². The molecule has 2 aromatic carbocycles. The first-order valence-corrected chi connectivity index (χ1v) is 19.7. The third-order valence-electron chi connectivity index (χ3n) is 8.19. The molecule has 0 bridgehead atoms. The van der Waals surface area contributed by atoms with Crippen LogP contribution in [0, 0.1) is 11.8 Å². The predicted octanol–water partition coefficient (Wildman–Crippen LogP) is 5.90.